The summed E-state index contributed by atoms with van der Waals surface area (Å²) in [6.07, 6.45) is 0. The van der Waals surface area contributed by atoms with E-state index in [0.29, 0.717) is 6.61 Å². The Bertz CT molecular complexity index is 785. The summed E-state index contributed by atoms with van der Waals surface area (Å²) in [7, 11) is -3.56. The second kappa shape index (κ2) is 7.15. The Morgan fingerprint density at radius 1 is 1.09 bits per heavy atom. The summed E-state index contributed by atoms with van der Waals surface area (Å²) in [6.45, 7) is 8.18. The first-order valence-electron chi connectivity index (χ1n) is 7.66. The van der Waals surface area contributed by atoms with Gasteiger partial charge in [0.15, 0.2) is 0 Å². The topological polar surface area (TPSA) is 55.4 Å². The third-order valence-electron chi connectivity index (χ3n) is 3.79. The molecule has 0 aliphatic heterocycles. The maximum Gasteiger partial charge on any atom is 0.241 e. The van der Waals surface area contributed by atoms with Gasteiger partial charge in [0, 0.05) is 6.04 Å². The molecule has 2 aromatic carbocycles. The van der Waals surface area contributed by atoms with Gasteiger partial charge in [-0.25, -0.2) is 13.1 Å². The van der Waals surface area contributed by atoms with Crippen LogP contribution in [0, 0.1) is 13.8 Å². The van der Waals surface area contributed by atoms with Crippen molar-refractivity contribution < 1.29 is 13.2 Å². The highest BCUT2D eigenvalue weighted by Gasteiger charge is 2.19. The molecule has 0 aliphatic rings. The molecule has 2 rings (SSSR count). The summed E-state index contributed by atoms with van der Waals surface area (Å²) in [5.74, 6) is 0.738. The molecule has 0 heterocycles. The number of ether oxygens (including phenoxy) is 1. The Labute approximate surface area is 138 Å². The lowest BCUT2D eigenvalue weighted by Gasteiger charge is -2.16. The fourth-order valence-corrected chi connectivity index (χ4v) is 3.61. The van der Waals surface area contributed by atoms with Crippen molar-refractivity contribution in [2.24, 2.45) is 0 Å². The summed E-state index contributed by atoms with van der Waals surface area (Å²) in [4.78, 5) is 0.286. The van der Waals surface area contributed by atoms with Crippen LogP contribution in [0.3, 0.4) is 0 Å². The van der Waals surface area contributed by atoms with E-state index in [1.807, 2.05) is 58.0 Å². The molecule has 124 valence electrons. The molecule has 2 aromatic rings. The van der Waals surface area contributed by atoms with E-state index in [-0.39, 0.29) is 10.9 Å². The number of benzene rings is 2. The molecule has 1 N–H and O–H groups in total. The van der Waals surface area contributed by atoms with Crippen LogP contribution in [0.25, 0.3) is 0 Å². The molecule has 1 atom stereocenters. The lowest BCUT2D eigenvalue weighted by molar-refractivity contribution is 0.339. The van der Waals surface area contributed by atoms with E-state index in [0.717, 1.165) is 22.4 Å². The van der Waals surface area contributed by atoms with Crippen molar-refractivity contribution in [2.45, 2.75) is 38.6 Å². The Hall–Kier alpha value is -1.85. The largest absolute Gasteiger partial charge is 0.494 e. The molecule has 0 saturated heterocycles. The quantitative estimate of drug-likeness (QED) is 0.876. The number of sulfonamides is 1. The minimum Gasteiger partial charge on any atom is -0.494 e. The van der Waals surface area contributed by atoms with Crippen molar-refractivity contribution >= 4 is 10.0 Å². The van der Waals surface area contributed by atoms with Crippen LogP contribution in [-0.4, -0.2) is 15.0 Å². The molecule has 0 spiro atoms. The maximum atomic E-state index is 12.5. The zero-order chi connectivity index (χ0) is 17.0. The third-order valence-corrected chi connectivity index (χ3v) is 5.33. The fraction of sp³-hybridized carbons (Fsp3) is 0.333. The van der Waals surface area contributed by atoms with Gasteiger partial charge >= 0.3 is 0 Å². The average molecular weight is 333 g/mol. The Morgan fingerprint density at radius 3 is 2.48 bits per heavy atom. The normalized spacial score (nSPS) is 12.9. The minimum atomic E-state index is -3.56. The highest BCUT2D eigenvalue weighted by Crippen LogP contribution is 2.22. The summed E-state index contributed by atoms with van der Waals surface area (Å²) >= 11 is 0. The first kappa shape index (κ1) is 17.5. The van der Waals surface area contributed by atoms with Crippen molar-refractivity contribution in [1.29, 1.82) is 0 Å². The third kappa shape index (κ3) is 4.33. The van der Waals surface area contributed by atoms with Gasteiger partial charge in [-0.1, -0.05) is 18.2 Å². The lowest BCUT2D eigenvalue weighted by atomic mass is 10.1. The van der Waals surface area contributed by atoms with Crippen LogP contribution in [0.4, 0.5) is 0 Å². The number of hydrogen-bond acceptors (Lipinski definition) is 3. The molecule has 5 heteroatoms. The van der Waals surface area contributed by atoms with Crippen molar-refractivity contribution in [1.82, 2.24) is 4.72 Å². The van der Waals surface area contributed by atoms with Crippen molar-refractivity contribution in [3.8, 4) is 5.75 Å². The zero-order valence-electron chi connectivity index (χ0n) is 14.0. The number of aryl methyl sites for hydroxylation is 2. The van der Waals surface area contributed by atoms with Crippen molar-refractivity contribution in [2.75, 3.05) is 6.61 Å². The van der Waals surface area contributed by atoms with Gasteiger partial charge in [-0.05, 0) is 68.7 Å². The molecule has 0 amide bonds. The van der Waals surface area contributed by atoms with E-state index in [2.05, 4.69) is 4.72 Å². The minimum absolute atomic E-state index is 0.286. The van der Waals surface area contributed by atoms with Gasteiger partial charge in [0.2, 0.25) is 10.0 Å². The van der Waals surface area contributed by atoms with E-state index in [1.165, 1.54) is 0 Å². The smallest absolute Gasteiger partial charge is 0.241 e. The summed E-state index contributed by atoms with van der Waals surface area (Å²) in [6, 6.07) is 12.3. The van der Waals surface area contributed by atoms with Gasteiger partial charge in [0.1, 0.15) is 5.75 Å². The fourth-order valence-electron chi connectivity index (χ4n) is 2.29. The molecule has 0 aromatic heterocycles. The van der Waals surface area contributed by atoms with Gasteiger partial charge < -0.3 is 4.74 Å². The molecule has 0 fully saturated rings. The summed E-state index contributed by atoms with van der Waals surface area (Å²) < 4.78 is 33.3. The number of nitrogens with one attached hydrogen (secondary N) is 1. The first-order valence-corrected chi connectivity index (χ1v) is 9.14. The van der Waals surface area contributed by atoms with Crippen molar-refractivity contribution in [3.05, 3.63) is 59.2 Å². The van der Waals surface area contributed by atoms with Crippen molar-refractivity contribution in [3.63, 3.8) is 0 Å². The molecular formula is C18H23NO3S. The number of rotatable bonds is 6. The van der Waals surface area contributed by atoms with E-state index >= 15 is 0 Å². The van der Waals surface area contributed by atoms with Gasteiger partial charge in [0.05, 0.1) is 11.5 Å². The molecule has 0 radical (unpaired) electrons. The van der Waals surface area contributed by atoms with Crippen LogP contribution in [0.2, 0.25) is 0 Å². The lowest BCUT2D eigenvalue weighted by Crippen LogP contribution is -2.27. The van der Waals surface area contributed by atoms with E-state index in [4.69, 9.17) is 4.74 Å². The van der Waals surface area contributed by atoms with E-state index < -0.39 is 10.0 Å². The monoisotopic (exact) mass is 333 g/mol. The van der Waals surface area contributed by atoms with Crippen LogP contribution in [0.5, 0.6) is 5.75 Å². The van der Waals surface area contributed by atoms with Crippen LogP contribution in [0.1, 0.15) is 36.6 Å². The second-order valence-corrected chi connectivity index (χ2v) is 7.31. The Kier molecular flexibility index (Phi) is 5.44. The highest BCUT2D eigenvalue weighted by atomic mass is 32.2. The molecule has 0 saturated carbocycles. The molecule has 1 unspecified atom stereocenters. The van der Waals surface area contributed by atoms with Gasteiger partial charge in [-0.2, -0.15) is 0 Å². The SMILES string of the molecule is CCOc1cccc(C(C)NS(=O)(=O)c2ccc(C)c(C)c2)c1. The predicted octanol–water partition coefficient (Wildman–Crippen LogP) is 3.74. The molecule has 0 aliphatic carbocycles. The van der Waals surface area contributed by atoms with Gasteiger partial charge in [-0.3, -0.25) is 0 Å². The van der Waals surface area contributed by atoms with Gasteiger partial charge in [-0.15, -0.1) is 0 Å². The standard InChI is InChI=1S/C18H23NO3S/c1-5-22-17-8-6-7-16(12-17)15(4)19-23(20,21)18-10-9-13(2)14(3)11-18/h6-12,15,19H,5H2,1-4H3. The first-order chi connectivity index (χ1) is 10.8. The van der Waals surface area contributed by atoms with Crippen LogP contribution in [-0.2, 0) is 10.0 Å². The summed E-state index contributed by atoms with van der Waals surface area (Å²) in [5, 5.41) is 0. The Balaban J connectivity index is 2.22. The zero-order valence-corrected chi connectivity index (χ0v) is 14.8. The predicted molar refractivity (Wildman–Crippen MR) is 92.3 cm³/mol. The van der Waals surface area contributed by atoms with E-state index in [1.54, 1.807) is 12.1 Å². The summed E-state index contributed by atoms with van der Waals surface area (Å²) in [5.41, 5.74) is 2.89. The van der Waals surface area contributed by atoms with E-state index in [9.17, 15) is 8.42 Å². The van der Waals surface area contributed by atoms with Crippen LogP contribution < -0.4 is 9.46 Å². The van der Waals surface area contributed by atoms with Crippen LogP contribution >= 0.6 is 0 Å². The second-order valence-electron chi connectivity index (χ2n) is 5.59. The average Bonchev–Trinajstić information content (AvgIpc) is 2.50. The molecule has 23 heavy (non-hydrogen) atoms. The maximum absolute atomic E-state index is 12.5. The Morgan fingerprint density at radius 2 is 1.83 bits per heavy atom. The van der Waals surface area contributed by atoms with Crippen LogP contribution in [0.15, 0.2) is 47.4 Å². The molecule has 4 nitrogen and oxygen atoms in total. The van der Waals surface area contributed by atoms with Gasteiger partial charge in [0.25, 0.3) is 0 Å². The molecule has 0 bridgehead atoms. The number of hydrogen-bond donors (Lipinski definition) is 1. The molecular weight excluding hydrogens is 310 g/mol. The highest BCUT2D eigenvalue weighted by molar-refractivity contribution is 7.89.